The van der Waals surface area contributed by atoms with Crippen molar-refractivity contribution in [1.82, 2.24) is 9.97 Å². The number of carbonyl (C=O) groups excluding carboxylic acids is 1. The third kappa shape index (κ3) is 2.65. The minimum absolute atomic E-state index is 0.176. The molecule has 92 valence electrons. The monoisotopic (exact) mass is 261 g/mol. The number of anilines is 1. The zero-order valence-electron chi connectivity index (χ0n) is 10.1. The van der Waals surface area contributed by atoms with E-state index in [9.17, 15) is 4.79 Å². The highest BCUT2D eigenvalue weighted by atomic mass is 35.5. The SMILES string of the molecule is Cc1ccc(C(=O)Nc2nccnc2Cl)c(C)c1. The second-order valence-corrected chi connectivity index (χ2v) is 4.33. The number of rotatable bonds is 2. The maximum Gasteiger partial charge on any atom is 0.257 e. The van der Waals surface area contributed by atoms with Gasteiger partial charge in [-0.25, -0.2) is 9.97 Å². The zero-order chi connectivity index (χ0) is 13.1. The van der Waals surface area contributed by atoms with E-state index in [0.29, 0.717) is 5.56 Å². The highest BCUT2D eigenvalue weighted by molar-refractivity contribution is 6.32. The molecule has 4 nitrogen and oxygen atoms in total. The quantitative estimate of drug-likeness (QED) is 0.904. The molecule has 18 heavy (non-hydrogen) atoms. The Morgan fingerprint density at radius 2 is 1.94 bits per heavy atom. The molecule has 0 aliphatic rings. The van der Waals surface area contributed by atoms with Crippen LogP contribution in [0.1, 0.15) is 21.5 Å². The second-order valence-electron chi connectivity index (χ2n) is 3.97. The number of aryl methyl sites for hydroxylation is 2. The van der Waals surface area contributed by atoms with E-state index in [1.807, 2.05) is 26.0 Å². The third-order valence-electron chi connectivity index (χ3n) is 2.51. The van der Waals surface area contributed by atoms with Crippen LogP contribution in [-0.2, 0) is 0 Å². The van der Waals surface area contributed by atoms with Crippen LogP contribution in [0, 0.1) is 13.8 Å². The maximum atomic E-state index is 12.1. The molecule has 0 atom stereocenters. The molecule has 0 aliphatic carbocycles. The van der Waals surface area contributed by atoms with Gasteiger partial charge in [-0.3, -0.25) is 4.79 Å². The Morgan fingerprint density at radius 3 is 2.61 bits per heavy atom. The minimum atomic E-state index is -0.241. The van der Waals surface area contributed by atoms with E-state index in [2.05, 4.69) is 15.3 Å². The van der Waals surface area contributed by atoms with Gasteiger partial charge in [0, 0.05) is 18.0 Å². The topological polar surface area (TPSA) is 54.9 Å². The molecule has 0 radical (unpaired) electrons. The van der Waals surface area contributed by atoms with Crippen molar-refractivity contribution in [2.24, 2.45) is 0 Å². The van der Waals surface area contributed by atoms with E-state index in [0.717, 1.165) is 11.1 Å². The Balaban J connectivity index is 2.25. The highest BCUT2D eigenvalue weighted by Gasteiger charge is 2.11. The highest BCUT2D eigenvalue weighted by Crippen LogP contribution is 2.17. The average Bonchev–Trinajstić information content (AvgIpc) is 2.32. The summed E-state index contributed by atoms with van der Waals surface area (Å²) in [4.78, 5) is 19.9. The Hall–Kier alpha value is -1.94. The van der Waals surface area contributed by atoms with Crippen molar-refractivity contribution in [2.45, 2.75) is 13.8 Å². The molecule has 0 saturated heterocycles. The van der Waals surface area contributed by atoms with Crippen LogP contribution in [-0.4, -0.2) is 15.9 Å². The summed E-state index contributed by atoms with van der Waals surface area (Å²) in [5.74, 6) is 0.0269. The van der Waals surface area contributed by atoms with Crippen LogP contribution < -0.4 is 5.32 Å². The van der Waals surface area contributed by atoms with Crippen LogP contribution >= 0.6 is 11.6 Å². The van der Waals surface area contributed by atoms with E-state index in [1.165, 1.54) is 12.4 Å². The summed E-state index contributed by atoms with van der Waals surface area (Å²) in [6.45, 7) is 3.87. The Kier molecular flexibility index (Phi) is 3.58. The molecule has 0 fully saturated rings. The number of benzene rings is 1. The van der Waals surface area contributed by atoms with E-state index in [1.54, 1.807) is 6.07 Å². The van der Waals surface area contributed by atoms with Crippen molar-refractivity contribution in [2.75, 3.05) is 5.32 Å². The van der Waals surface area contributed by atoms with Crippen LogP contribution in [0.3, 0.4) is 0 Å². The first-order valence-corrected chi connectivity index (χ1v) is 5.81. The fraction of sp³-hybridized carbons (Fsp3) is 0.154. The lowest BCUT2D eigenvalue weighted by Gasteiger charge is -2.08. The molecule has 0 bridgehead atoms. The molecule has 1 N–H and O–H groups in total. The number of halogens is 1. The van der Waals surface area contributed by atoms with Crippen molar-refractivity contribution in [3.05, 3.63) is 52.4 Å². The molecule has 0 unspecified atom stereocenters. The standard InChI is InChI=1S/C13H12ClN3O/c1-8-3-4-10(9(2)7-8)13(18)17-12-11(14)15-5-6-16-12/h3-7H,1-2H3,(H,16,17,18). The van der Waals surface area contributed by atoms with E-state index < -0.39 is 0 Å². The number of carbonyl (C=O) groups is 1. The zero-order valence-corrected chi connectivity index (χ0v) is 10.8. The third-order valence-corrected chi connectivity index (χ3v) is 2.79. The second kappa shape index (κ2) is 5.14. The lowest BCUT2D eigenvalue weighted by atomic mass is 10.1. The predicted molar refractivity (Wildman–Crippen MR) is 70.9 cm³/mol. The molecule has 2 aromatic rings. The molecule has 0 spiro atoms. The molecule has 0 saturated carbocycles. The number of hydrogen-bond donors (Lipinski definition) is 1. The van der Waals surface area contributed by atoms with Gasteiger partial charge in [-0.1, -0.05) is 29.3 Å². The van der Waals surface area contributed by atoms with Crippen molar-refractivity contribution < 1.29 is 4.79 Å². The normalized spacial score (nSPS) is 10.2. The molecular formula is C13H12ClN3O. The Bertz CT molecular complexity index is 599. The van der Waals surface area contributed by atoms with Crippen LogP contribution in [0.15, 0.2) is 30.6 Å². The van der Waals surface area contributed by atoms with E-state index in [-0.39, 0.29) is 16.9 Å². The van der Waals surface area contributed by atoms with Crippen molar-refractivity contribution in [3.63, 3.8) is 0 Å². The lowest BCUT2D eigenvalue weighted by Crippen LogP contribution is -2.15. The van der Waals surface area contributed by atoms with Gasteiger partial charge in [-0.2, -0.15) is 0 Å². The van der Waals surface area contributed by atoms with Crippen molar-refractivity contribution in [1.29, 1.82) is 0 Å². The van der Waals surface area contributed by atoms with Crippen LogP contribution in [0.5, 0.6) is 0 Å². The van der Waals surface area contributed by atoms with E-state index >= 15 is 0 Å². The maximum absolute atomic E-state index is 12.1. The fourth-order valence-electron chi connectivity index (χ4n) is 1.65. The fourth-order valence-corrected chi connectivity index (χ4v) is 1.80. The lowest BCUT2D eigenvalue weighted by molar-refractivity contribution is 0.102. The first-order chi connectivity index (χ1) is 8.58. The van der Waals surface area contributed by atoms with Gasteiger partial charge in [0.1, 0.15) is 0 Å². The van der Waals surface area contributed by atoms with Gasteiger partial charge in [0.25, 0.3) is 5.91 Å². The summed E-state index contributed by atoms with van der Waals surface area (Å²) in [5.41, 5.74) is 2.62. The summed E-state index contributed by atoms with van der Waals surface area (Å²) >= 11 is 5.83. The van der Waals surface area contributed by atoms with Gasteiger partial charge in [0.2, 0.25) is 0 Å². The molecule has 1 aromatic carbocycles. The molecule has 5 heteroatoms. The summed E-state index contributed by atoms with van der Waals surface area (Å²) < 4.78 is 0. The van der Waals surface area contributed by atoms with Gasteiger partial charge >= 0.3 is 0 Å². The minimum Gasteiger partial charge on any atom is -0.304 e. The summed E-state index contributed by atoms with van der Waals surface area (Å²) in [6.07, 6.45) is 2.94. The predicted octanol–water partition coefficient (Wildman–Crippen LogP) is 3.00. The largest absolute Gasteiger partial charge is 0.304 e. The number of hydrogen-bond acceptors (Lipinski definition) is 3. The van der Waals surface area contributed by atoms with Crippen LogP contribution in [0.4, 0.5) is 5.82 Å². The van der Waals surface area contributed by atoms with Crippen molar-refractivity contribution in [3.8, 4) is 0 Å². The molecule has 1 aromatic heterocycles. The number of nitrogens with one attached hydrogen (secondary N) is 1. The van der Waals surface area contributed by atoms with Crippen LogP contribution in [0.25, 0.3) is 0 Å². The average molecular weight is 262 g/mol. The van der Waals surface area contributed by atoms with Crippen molar-refractivity contribution >= 4 is 23.3 Å². The van der Waals surface area contributed by atoms with Gasteiger partial charge < -0.3 is 5.32 Å². The van der Waals surface area contributed by atoms with Gasteiger partial charge in [0.05, 0.1) is 0 Å². The molecule has 1 amide bonds. The number of aromatic nitrogens is 2. The molecular weight excluding hydrogens is 250 g/mol. The first-order valence-electron chi connectivity index (χ1n) is 5.43. The first kappa shape index (κ1) is 12.5. The van der Waals surface area contributed by atoms with Gasteiger partial charge in [-0.15, -0.1) is 0 Å². The smallest absolute Gasteiger partial charge is 0.257 e. The van der Waals surface area contributed by atoms with Gasteiger partial charge in [-0.05, 0) is 25.5 Å². The van der Waals surface area contributed by atoms with E-state index in [4.69, 9.17) is 11.6 Å². The summed E-state index contributed by atoms with van der Waals surface area (Å²) in [6, 6.07) is 5.62. The Morgan fingerprint density at radius 1 is 1.22 bits per heavy atom. The molecule has 1 heterocycles. The van der Waals surface area contributed by atoms with Crippen LogP contribution in [0.2, 0.25) is 5.15 Å². The number of amides is 1. The summed E-state index contributed by atoms with van der Waals surface area (Å²) in [7, 11) is 0. The number of nitrogens with zero attached hydrogens (tertiary/aromatic N) is 2. The summed E-state index contributed by atoms with van der Waals surface area (Å²) in [5, 5.41) is 2.82. The Labute approximate surface area is 110 Å². The molecule has 2 rings (SSSR count). The molecule has 0 aliphatic heterocycles. The van der Waals surface area contributed by atoms with Gasteiger partial charge in [0.15, 0.2) is 11.0 Å².